The van der Waals surface area contributed by atoms with Crippen molar-refractivity contribution in [3.63, 3.8) is 0 Å². The van der Waals surface area contributed by atoms with Crippen LogP contribution in [0.25, 0.3) is 38.8 Å². The largest absolute Gasteiger partial charge is 0.515 e. The smallest absolute Gasteiger partial charge is 0.135 e. The summed E-state index contributed by atoms with van der Waals surface area (Å²) in [4.78, 5) is 6.92. The maximum absolute atomic E-state index is 6.84. The van der Waals surface area contributed by atoms with Crippen LogP contribution in [-0.2, 0) is 42.7 Å². The van der Waals surface area contributed by atoms with Gasteiger partial charge in [-0.3, -0.25) is 7.05 Å². The van der Waals surface area contributed by atoms with E-state index >= 15 is 0 Å². The topological polar surface area (TPSA) is 42.3 Å². The number of fused-ring (bicyclic) bond motifs is 3. The van der Waals surface area contributed by atoms with Gasteiger partial charge in [0, 0.05) is 55.7 Å². The van der Waals surface area contributed by atoms with Gasteiger partial charge >= 0.3 is 0 Å². The van der Waals surface area contributed by atoms with Crippen LogP contribution in [0.5, 0.6) is 11.5 Å². The van der Waals surface area contributed by atoms with Crippen LogP contribution in [0.3, 0.4) is 0 Å². The van der Waals surface area contributed by atoms with E-state index in [4.69, 9.17) is 9.72 Å². The number of rotatable bonds is 8. The Morgan fingerprint density at radius 2 is 1.23 bits per heavy atom. The maximum Gasteiger partial charge on any atom is 0.135 e. The SMILES string of the molecule is [CH2-]N(c1[c-]c(Oc2[c-]c3c(cc2)c2cc(-c4ccccc4)ccc2n3-c2cc(C(C)(C)C)ccn2)cc(C(C)(C)C)c1)c1cc(C(C)(C)C)ccc1Nc1cccc(C(C)(C)C)c1.[Pt]. The van der Waals surface area contributed by atoms with Gasteiger partial charge in [0.1, 0.15) is 5.82 Å². The van der Waals surface area contributed by atoms with Crippen LogP contribution in [0, 0.1) is 19.2 Å². The quantitative estimate of drug-likeness (QED) is 0.154. The zero-order valence-electron chi connectivity index (χ0n) is 39.5. The van der Waals surface area contributed by atoms with Crippen LogP contribution < -0.4 is 15.0 Å². The van der Waals surface area contributed by atoms with Crippen LogP contribution in [0.1, 0.15) is 105 Å². The summed E-state index contributed by atoms with van der Waals surface area (Å²) in [5, 5.41) is 5.94. The second kappa shape index (κ2) is 17.4. The minimum absolute atomic E-state index is 0. The van der Waals surface area contributed by atoms with Crippen LogP contribution in [0.4, 0.5) is 22.7 Å². The predicted octanol–water partition coefficient (Wildman–Crippen LogP) is 16.1. The van der Waals surface area contributed by atoms with Gasteiger partial charge in [-0.15, -0.1) is 47.0 Å². The van der Waals surface area contributed by atoms with Gasteiger partial charge in [-0.25, -0.2) is 4.98 Å². The van der Waals surface area contributed by atoms with Crippen molar-refractivity contribution in [1.82, 2.24) is 9.55 Å². The fourth-order valence-electron chi connectivity index (χ4n) is 8.00. The first kappa shape index (κ1) is 46.4. The molecule has 1 N–H and O–H groups in total. The first-order valence-electron chi connectivity index (χ1n) is 22.0. The minimum Gasteiger partial charge on any atom is -0.515 e. The van der Waals surface area contributed by atoms with Crippen molar-refractivity contribution < 1.29 is 25.8 Å². The van der Waals surface area contributed by atoms with Gasteiger partial charge in [-0.1, -0.05) is 149 Å². The van der Waals surface area contributed by atoms with E-state index in [1.54, 1.807) is 0 Å². The van der Waals surface area contributed by atoms with E-state index in [0.29, 0.717) is 11.5 Å². The molecule has 6 aromatic carbocycles. The van der Waals surface area contributed by atoms with Gasteiger partial charge in [-0.2, -0.15) is 6.07 Å². The molecule has 5 nitrogen and oxygen atoms in total. The molecule has 0 fully saturated rings. The van der Waals surface area contributed by atoms with Crippen molar-refractivity contribution in [2.24, 2.45) is 0 Å². The molecule has 0 spiro atoms. The third-order valence-electron chi connectivity index (χ3n) is 12.0. The Balaban J connectivity index is 0.00000612. The zero-order chi connectivity index (χ0) is 45.1. The monoisotopic (exact) mass is 1020 g/mol. The summed E-state index contributed by atoms with van der Waals surface area (Å²) < 4.78 is 9.06. The molecular weight excluding hydrogens is 964 g/mol. The van der Waals surface area contributed by atoms with Crippen molar-refractivity contribution in [1.29, 1.82) is 0 Å². The van der Waals surface area contributed by atoms with E-state index in [0.717, 1.165) is 61.5 Å². The molecule has 0 radical (unpaired) electrons. The van der Waals surface area contributed by atoms with E-state index in [1.165, 1.54) is 22.3 Å². The van der Waals surface area contributed by atoms with Crippen molar-refractivity contribution in [3.8, 4) is 28.4 Å². The molecule has 2 heterocycles. The number of benzene rings is 6. The van der Waals surface area contributed by atoms with Crippen LogP contribution in [0.15, 0.2) is 134 Å². The van der Waals surface area contributed by atoms with Gasteiger partial charge in [0.15, 0.2) is 0 Å². The average molecular weight is 1030 g/mol. The van der Waals surface area contributed by atoms with E-state index in [-0.39, 0.29) is 42.7 Å². The van der Waals surface area contributed by atoms with Gasteiger partial charge in [0.2, 0.25) is 0 Å². The fraction of sp³-hybridized carbons (Fsp3) is 0.276. The summed E-state index contributed by atoms with van der Waals surface area (Å²) in [6.45, 7) is 26.8. The number of pyridine rings is 1. The Morgan fingerprint density at radius 3 is 1.92 bits per heavy atom. The molecule has 6 heteroatoms. The Bertz CT molecular complexity index is 2950. The first-order chi connectivity index (χ1) is 29.6. The van der Waals surface area contributed by atoms with Gasteiger partial charge in [-0.05, 0) is 97.3 Å². The number of hydrogen-bond donors (Lipinski definition) is 1. The molecule has 0 saturated heterocycles. The van der Waals surface area contributed by atoms with Crippen LogP contribution in [-0.4, -0.2) is 9.55 Å². The molecule has 8 aromatic rings. The van der Waals surface area contributed by atoms with Crippen LogP contribution >= 0.6 is 0 Å². The van der Waals surface area contributed by atoms with E-state index in [2.05, 4.69) is 233 Å². The summed E-state index contributed by atoms with van der Waals surface area (Å²) in [5.41, 5.74) is 12.5. The molecular formula is C58H61N4OPt-3. The second-order valence-electron chi connectivity index (χ2n) is 21.0. The molecule has 0 atom stereocenters. The average Bonchev–Trinajstić information content (AvgIpc) is 3.55. The number of hydrogen-bond acceptors (Lipinski definition) is 4. The fourth-order valence-corrected chi connectivity index (χ4v) is 8.00. The maximum atomic E-state index is 6.84. The number of anilines is 4. The van der Waals surface area contributed by atoms with Crippen molar-refractivity contribution in [3.05, 3.63) is 175 Å². The van der Waals surface area contributed by atoms with Crippen molar-refractivity contribution in [2.45, 2.75) is 105 Å². The standard InChI is InChI=1S/C58H61N4O.Pt/c1-55(2,3)40-20-17-21-44(31-40)60-50-26-23-41(56(4,5)6)34-53(50)61(13)45-32-43(58(10,11)12)33-47(36-45)63-46-24-25-48-49-30-39(38-18-15-14-16-19-38)22-27-51(49)62(52(48)37-46)54-35-42(28-29-59-54)57(7,8)9;/h14-35,60H,13H2,1-12H3;/q-3;. The van der Waals surface area contributed by atoms with Crippen LogP contribution in [0.2, 0.25) is 0 Å². The minimum atomic E-state index is -0.190. The molecule has 0 unspecified atom stereocenters. The van der Waals surface area contributed by atoms with E-state index < -0.39 is 0 Å². The molecule has 0 saturated carbocycles. The summed E-state index contributed by atoms with van der Waals surface area (Å²) in [5.74, 6) is 2.01. The summed E-state index contributed by atoms with van der Waals surface area (Å²) in [7, 11) is 4.68. The van der Waals surface area contributed by atoms with E-state index in [9.17, 15) is 0 Å². The molecule has 64 heavy (non-hydrogen) atoms. The predicted molar refractivity (Wildman–Crippen MR) is 267 cm³/mol. The van der Waals surface area contributed by atoms with Gasteiger partial charge in [0.05, 0.1) is 5.69 Å². The normalized spacial score (nSPS) is 12.3. The molecule has 0 aliphatic heterocycles. The van der Waals surface area contributed by atoms with E-state index in [1.807, 2.05) is 17.2 Å². The zero-order valence-corrected chi connectivity index (χ0v) is 41.7. The second-order valence-corrected chi connectivity index (χ2v) is 21.0. The number of nitrogens with one attached hydrogen (secondary N) is 1. The molecule has 2 aromatic heterocycles. The Labute approximate surface area is 396 Å². The molecule has 0 amide bonds. The summed E-state index contributed by atoms with van der Waals surface area (Å²) in [6, 6.07) is 52.5. The number of ether oxygens (including phenoxy) is 1. The van der Waals surface area contributed by atoms with Crippen molar-refractivity contribution in [2.75, 3.05) is 10.2 Å². The van der Waals surface area contributed by atoms with Gasteiger partial charge < -0.3 is 19.5 Å². The van der Waals surface area contributed by atoms with Gasteiger partial charge in [0.25, 0.3) is 0 Å². The Morgan fingerprint density at radius 1 is 0.562 bits per heavy atom. The Kier molecular flexibility index (Phi) is 12.6. The third kappa shape index (κ3) is 9.71. The molecule has 332 valence electrons. The Hall–Kier alpha value is -5.64. The molecule has 0 bridgehead atoms. The first-order valence-corrected chi connectivity index (χ1v) is 22.0. The number of aromatic nitrogens is 2. The summed E-state index contributed by atoms with van der Waals surface area (Å²) in [6.07, 6.45) is 1.91. The molecule has 0 aliphatic carbocycles. The number of nitrogens with zero attached hydrogens (tertiary/aromatic N) is 3. The molecule has 8 rings (SSSR count). The third-order valence-corrected chi connectivity index (χ3v) is 12.0. The van der Waals surface area contributed by atoms with Crippen molar-refractivity contribution >= 4 is 44.6 Å². The molecule has 0 aliphatic rings. The summed E-state index contributed by atoms with van der Waals surface area (Å²) >= 11 is 0.